The largest absolute Gasteiger partial charge is 0.480 e. The molecule has 0 aromatic rings. The molecule has 0 aliphatic carbocycles. The van der Waals surface area contributed by atoms with Crippen molar-refractivity contribution in [3.63, 3.8) is 0 Å². The van der Waals surface area contributed by atoms with E-state index < -0.39 is 48.1 Å². The van der Waals surface area contributed by atoms with E-state index in [4.69, 9.17) is 0 Å². The van der Waals surface area contributed by atoms with Crippen molar-refractivity contribution in [2.75, 3.05) is 6.54 Å². The molecule has 4 amide bonds. The van der Waals surface area contributed by atoms with Gasteiger partial charge in [0.05, 0.1) is 6.10 Å². The van der Waals surface area contributed by atoms with E-state index in [-0.39, 0.29) is 23.7 Å². The molecule has 1 fully saturated rings. The van der Waals surface area contributed by atoms with Crippen molar-refractivity contribution in [2.45, 2.75) is 91.1 Å². The average Bonchev–Trinajstić information content (AvgIpc) is 3.17. The van der Waals surface area contributed by atoms with Gasteiger partial charge >= 0.3 is 5.97 Å². The number of amides is 4. The molecule has 1 heterocycles. The van der Waals surface area contributed by atoms with Crippen molar-refractivity contribution in [3.05, 3.63) is 0 Å². The van der Waals surface area contributed by atoms with Gasteiger partial charge in [-0.15, -0.1) is 0 Å². The third-order valence-electron chi connectivity index (χ3n) is 5.51. The van der Waals surface area contributed by atoms with Gasteiger partial charge in [0.2, 0.25) is 23.6 Å². The first-order chi connectivity index (χ1) is 15.3. The molecule has 0 aromatic heterocycles. The van der Waals surface area contributed by atoms with Gasteiger partial charge < -0.3 is 31.1 Å². The fraction of sp³-hybridized carbons (Fsp3) is 0.773. The maximum atomic E-state index is 13.1. The molecule has 0 aromatic carbocycles. The number of aliphatic hydroxyl groups is 1. The third-order valence-corrected chi connectivity index (χ3v) is 5.51. The summed E-state index contributed by atoms with van der Waals surface area (Å²) in [5.74, 6) is -3.57. The first-order valence-corrected chi connectivity index (χ1v) is 11.3. The zero-order valence-corrected chi connectivity index (χ0v) is 20.3. The SMILES string of the molecule is CC(=O)N[C@@H](CC(C)C)C(=O)N1CCC[C@H]1C(=O)N[C@H](C(=O)N[C@H](C(=O)O)[C@@H](C)O)C(C)C. The van der Waals surface area contributed by atoms with Crippen LogP contribution < -0.4 is 16.0 Å². The topological polar surface area (TPSA) is 165 Å². The van der Waals surface area contributed by atoms with Gasteiger partial charge in [0.25, 0.3) is 0 Å². The maximum absolute atomic E-state index is 13.1. The lowest BCUT2D eigenvalue weighted by Gasteiger charge is -2.31. The minimum Gasteiger partial charge on any atom is -0.480 e. The summed E-state index contributed by atoms with van der Waals surface area (Å²) in [7, 11) is 0. The van der Waals surface area contributed by atoms with Gasteiger partial charge in [-0.25, -0.2) is 4.79 Å². The van der Waals surface area contributed by atoms with Crippen molar-refractivity contribution in [1.29, 1.82) is 0 Å². The molecule has 0 radical (unpaired) electrons. The van der Waals surface area contributed by atoms with E-state index in [2.05, 4.69) is 16.0 Å². The van der Waals surface area contributed by atoms with Gasteiger partial charge in [-0.1, -0.05) is 27.7 Å². The number of likely N-dealkylation sites (tertiary alicyclic amines) is 1. The predicted molar refractivity (Wildman–Crippen MR) is 120 cm³/mol. The van der Waals surface area contributed by atoms with Crippen molar-refractivity contribution < 1.29 is 34.2 Å². The Kier molecular flexibility index (Phi) is 10.8. The van der Waals surface area contributed by atoms with Crippen LogP contribution >= 0.6 is 0 Å². The molecule has 5 atom stereocenters. The van der Waals surface area contributed by atoms with E-state index in [1.165, 1.54) is 18.7 Å². The van der Waals surface area contributed by atoms with E-state index >= 15 is 0 Å². The number of hydrogen-bond acceptors (Lipinski definition) is 6. The van der Waals surface area contributed by atoms with Crippen molar-refractivity contribution >= 4 is 29.6 Å². The summed E-state index contributed by atoms with van der Waals surface area (Å²) in [6.45, 7) is 10.2. The molecular formula is C22H38N4O7. The number of carboxylic acids is 1. The monoisotopic (exact) mass is 470 g/mol. The third kappa shape index (κ3) is 8.30. The summed E-state index contributed by atoms with van der Waals surface area (Å²) in [6, 6.07) is -4.13. The zero-order chi connectivity index (χ0) is 25.5. The van der Waals surface area contributed by atoms with Crippen LogP contribution in [0.4, 0.5) is 0 Å². The Labute approximate surface area is 194 Å². The summed E-state index contributed by atoms with van der Waals surface area (Å²) in [5, 5.41) is 26.4. The number of rotatable bonds is 11. The molecule has 0 spiro atoms. The number of aliphatic carboxylic acids is 1. The van der Waals surface area contributed by atoms with Gasteiger partial charge in [0.1, 0.15) is 18.1 Å². The summed E-state index contributed by atoms with van der Waals surface area (Å²) in [5.41, 5.74) is 0. The maximum Gasteiger partial charge on any atom is 0.328 e. The number of hydrogen-bond donors (Lipinski definition) is 5. The molecule has 11 heteroatoms. The van der Waals surface area contributed by atoms with Gasteiger partial charge in [-0.05, 0) is 38.0 Å². The summed E-state index contributed by atoms with van der Waals surface area (Å²) >= 11 is 0. The van der Waals surface area contributed by atoms with Crippen molar-refractivity contribution in [1.82, 2.24) is 20.9 Å². The Balaban J connectivity index is 2.98. The Hall–Kier alpha value is -2.69. The molecule has 1 aliphatic heterocycles. The Bertz CT molecular complexity index is 738. The number of nitrogens with one attached hydrogen (secondary N) is 3. The van der Waals surface area contributed by atoms with Crippen LogP contribution in [0.3, 0.4) is 0 Å². The quantitative estimate of drug-likeness (QED) is 0.274. The number of carbonyl (C=O) groups is 5. The molecule has 0 bridgehead atoms. The standard InChI is InChI=1S/C22H38N4O7/c1-11(2)10-15(23-14(6)28)21(31)26-9-7-8-16(26)19(29)24-17(12(3)4)20(30)25-18(13(5)27)22(32)33/h11-13,15-18,27H,7-10H2,1-6H3,(H,23,28)(H,24,29)(H,25,30)(H,32,33)/t13-,15+,16+,17+,18+/m1/s1. The Morgan fingerprint density at radius 3 is 2.03 bits per heavy atom. The second-order valence-electron chi connectivity index (χ2n) is 9.37. The van der Waals surface area contributed by atoms with E-state index in [1.807, 2.05) is 13.8 Å². The van der Waals surface area contributed by atoms with E-state index in [0.717, 1.165) is 0 Å². The molecule has 11 nitrogen and oxygen atoms in total. The number of carbonyl (C=O) groups excluding carboxylic acids is 4. The smallest absolute Gasteiger partial charge is 0.328 e. The second-order valence-corrected chi connectivity index (χ2v) is 9.37. The highest BCUT2D eigenvalue weighted by Gasteiger charge is 2.39. The van der Waals surface area contributed by atoms with Crippen LogP contribution in [-0.4, -0.2) is 81.5 Å². The first-order valence-electron chi connectivity index (χ1n) is 11.3. The normalized spacial score (nSPS) is 19.5. The minimum atomic E-state index is -1.52. The van der Waals surface area contributed by atoms with E-state index in [9.17, 15) is 34.2 Å². The van der Waals surface area contributed by atoms with Gasteiger partial charge in [0, 0.05) is 13.5 Å². The highest BCUT2D eigenvalue weighted by molar-refractivity contribution is 5.95. The van der Waals surface area contributed by atoms with E-state index in [1.54, 1.807) is 13.8 Å². The lowest BCUT2D eigenvalue weighted by molar-refractivity contribution is -0.146. The fourth-order valence-electron chi connectivity index (χ4n) is 3.86. The zero-order valence-electron chi connectivity index (χ0n) is 20.3. The number of aliphatic hydroxyl groups excluding tert-OH is 1. The number of carboxylic acid groups (broad SMARTS) is 1. The highest BCUT2D eigenvalue weighted by Crippen LogP contribution is 2.21. The van der Waals surface area contributed by atoms with Crippen molar-refractivity contribution in [3.8, 4) is 0 Å². The minimum absolute atomic E-state index is 0.144. The van der Waals surface area contributed by atoms with Gasteiger partial charge in [-0.3, -0.25) is 19.2 Å². The summed E-state index contributed by atoms with van der Waals surface area (Å²) in [6.07, 6.45) is 0.102. The fourth-order valence-corrected chi connectivity index (χ4v) is 3.86. The summed E-state index contributed by atoms with van der Waals surface area (Å²) < 4.78 is 0. The lowest BCUT2D eigenvalue weighted by atomic mass is 10.0. The molecule has 33 heavy (non-hydrogen) atoms. The predicted octanol–water partition coefficient (Wildman–Crippen LogP) is -0.381. The highest BCUT2D eigenvalue weighted by atomic mass is 16.4. The van der Waals surface area contributed by atoms with Crippen LogP contribution in [0.2, 0.25) is 0 Å². The van der Waals surface area contributed by atoms with Gasteiger partial charge in [-0.2, -0.15) is 0 Å². The lowest BCUT2D eigenvalue weighted by Crippen LogP contribution is -2.59. The molecule has 1 aliphatic rings. The summed E-state index contributed by atoms with van der Waals surface area (Å²) in [4.78, 5) is 63.2. The van der Waals surface area contributed by atoms with Gasteiger partial charge in [0.15, 0.2) is 6.04 Å². The second kappa shape index (κ2) is 12.5. The Morgan fingerprint density at radius 1 is 0.970 bits per heavy atom. The number of nitrogens with zero attached hydrogens (tertiary/aromatic N) is 1. The molecule has 188 valence electrons. The molecule has 5 N–H and O–H groups in total. The molecular weight excluding hydrogens is 432 g/mol. The molecule has 0 saturated carbocycles. The first kappa shape index (κ1) is 28.3. The molecule has 1 saturated heterocycles. The van der Waals surface area contributed by atoms with Crippen molar-refractivity contribution in [2.24, 2.45) is 11.8 Å². The van der Waals surface area contributed by atoms with E-state index in [0.29, 0.717) is 25.8 Å². The van der Waals surface area contributed by atoms with Crippen LogP contribution in [-0.2, 0) is 24.0 Å². The van der Waals surface area contributed by atoms with Crippen LogP contribution in [0, 0.1) is 11.8 Å². The van der Waals surface area contributed by atoms with Crippen LogP contribution in [0.15, 0.2) is 0 Å². The van der Waals surface area contributed by atoms with Crippen LogP contribution in [0.5, 0.6) is 0 Å². The average molecular weight is 471 g/mol. The molecule has 0 unspecified atom stereocenters. The van der Waals surface area contributed by atoms with Crippen LogP contribution in [0.25, 0.3) is 0 Å². The van der Waals surface area contributed by atoms with Crippen LogP contribution in [0.1, 0.15) is 60.8 Å². The Morgan fingerprint density at radius 2 is 1.58 bits per heavy atom. The molecule has 1 rings (SSSR count).